The van der Waals surface area contributed by atoms with E-state index in [9.17, 15) is 4.79 Å². The Hall–Kier alpha value is -0.570. The molecular weight excluding hydrogens is 346 g/mol. The van der Waals surface area contributed by atoms with Gasteiger partial charge in [-0.05, 0) is 32.2 Å². The molecule has 0 radical (unpaired) electrons. The van der Waals surface area contributed by atoms with Crippen molar-refractivity contribution in [2.75, 3.05) is 6.54 Å². The van der Waals surface area contributed by atoms with E-state index in [4.69, 9.17) is 4.74 Å². The first-order valence-electron chi connectivity index (χ1n) is 12.8. The maximum absolute atomic E-state index is 11.8. The summed E-state index contributed by atoms with van der Waals surface area (Å²) in [4.78, 5) is 11.8. The molecule has 1 N–H and O–H groups in total. The zero-order chi connectivity index (χ0) is 20.1. The number of carbonyl (C=O) groups excluding carboxylic acids is 1. The van der Waals surface area contributed by atoms with Gasteiger partial charge in [-0.25, -0.2) is 0 Å². The standard InChI is InChI=1S/C25H49NO2/c1-2-3-4-5-6-7-8-9-10-11-12-13-14-15-16-17-18-22-25(27)28-24-21-19-20-23-26-24/h24,26H,2-23H2,1H3. The fourth-order valence-corrected chi connectivity index (χ4v) is 4.13. The van der Waals surface area contributed by atoms with Crippen molar-refractivity contribution in [2.24, 2.45) is 0 Å². The van der Waals surface area contributed by atoms with Crippen molar-refractivity contribution in [2.45, 2.75) is 148 Å². The van der Waals surface area contributed by atoms with Crippen molar-refractivity contribution >= 4 is 5.97 Å². The Morgan fingerprint density at radius 2 is 1.18 bits per heavy atom. The molecule has 28 heavy (non-hydrogen) atoms. The lowest BCUT2D eigenvalue weighted by Gasteiger charge is -2.23. The molecule has 166 valence electrons. The molecule has 0 aliphatic carbocycles. The zero-order valence-corrected chi connectivity index (χ0v) is 19.0. The molecule has 1 atom stereocenters. The molecule has 1 rings (SSSR count). The summed E-state index contributed by atoms with van der Waals surface area (Å²) in [7, 11) is 0. The number of esters is 1. The van der Waals surface area contributed by atoms with E-state index in [1.807, 2.05) is 0 Å². The van der Waals surface area contributed by atoms with Crippen molar-refractivity contribution in [1.29, 1.82) is 0 Å². The number of rotatable bonds is 19. The zero-order valence-electron chi connectivity index (χ0n) is 19.0. The van der Waals surface area contributed by atoms with Gasteiger partial charge in [-0.2, -0.15) is 0 Å². The molecule has 0 saturated carbocycles. The maximum Gasteiger partial charge on any atom is 0.307 e. The molecule has 1 unspecified atom stereocenters. The van der Waals surface area contributed by atoms with Gasteiger partial charge in [0.15, 0.2) is 6.23 Å². The predicted molar refractivity (Wildman–Crippen MR) is 121 cm³/mol. The summed E-state index contributed by atoms with van der Waals surface area (Å²) < 4.78 is 5.47. The Balaban J connectivity index is 1.71. The average molecular weight is 396 g/mol. The van der Waals surface area contributed by atoms with Crippen molar-refractivity contribution < 1.29 is 9.53 Å². The third kappa shape index (κ3) is 16.4. The normalized spacial score (nSPS) is 17.0. The second-order valence-corrected chi connectivity index (χ2v) is 8.84. The van der Waals surface area contributed by atoms with Gasteiger partial charge >= 0.3 is 5.97 Å². The first-order chi connectivity index (χ1) is 13.8. The van der Waals surface area contributed by atoms with Gasteiger partial charge in [-0.3, -0.25) is 10.1 Å². The molecule has 3 nitrogen and oxygen atoms in total. The van der Waals surface area contributed by atoms with Crippen molar-refractivity contribution in [1.82, 2.24) is 5.32 Å². The molecule has 0 aromatic rings. The number of ether oxygens (including phenoxy) is 1. The molecule has 0 aromatic heterocycles. The highest BCUT2D eigenvalue weighted by Gasteiger charge is 2.16. The van der Waals surface area contributed by atoms with Gasteiger partial charge in [0.2, 0.25) is 0 Å². The van der Waals surface area contributed by atoms with Crippen molar-refractivity contribution in [3.05, 3.63) is 0 Å². The van der Waals surface area contributed by atoms with Gasteiger partial charge in [-0.1, -0.05) is 110 Å². The lowest BCUT2D eigenvalue weighted by molar-refractivity contribution is -0.152. The third-order valence-corrected chi connectivity index (χ3v) is 6.02. The van der Waals surface area contributed by atoms with E-state index in [2.05, 4.69) is 12.2 Å². The quantitative estimate of drug-likeness (QED) is 0.180. The average Bonchev–Trinajstić information content (AvgIpc) is 2.71. The summed E-state index contributed by atoms with van der Waals surface area (Å²) in [5.41, 5.74) is 0. The van der Waals surface area contributed by atoms with Gasteiger partial charge < -0.3 is 4.74 Å². The van der Waals surface area contributed by atoms with E-state index in [1.165, 1.54) is 116 Å². The Labute approximate surface area is 175 Å². The molecule has 1 aliphatic heterocycles. The van der Waals surface area contributed by atoms with Crippen LogP contribution in [-0.4, -0.2) is 18.7 Å². The summed E-state index contributed by atoms with van der Waals surface area (Å²) >= 11 is 0. The molecule has 1 aliphatic rings. The van der Waals surface area contributed by atoms with Crippen LogP contribution in [0.4, 0.5) is 0 Å². The number of hydrogen-bond acceptors (Lipinski definition) is 3. The summed E-state index contributed by atoms with van der Waals surface area (Å²) in [5, 5.41) is 3.27. The van der Waals surface area contributed by atoms with Gasteiger partial charge in [0.05, 0.1) is 0 Å². The minimum Gasteiger partial charge on any atom is -0.447 e. The second-order valence-electron chi connectivity index (χ2n) is 8.84. The fraction of sp³-hybridized carbons (Fsp3) is 0.960. The highest BCUT2D eigenvalue weighted by Crippen LogP contribution is 2.15. The van der Waals surface area contributed by atoms with Crippen molar-refractivity contribution in [3.8, 4) is 0 Å². The molecule has 0 aromatic carbocycles. The summed E-state index contributed by atoms with van der Waals surface area (Å²) in [5.74, 6) is -0.0136. The van der Waals surface area contributed by atoms with E-state index >= 15 is 0 Å². The van der Waals surface area contributed by atoms with Crippen LogP contribution in [0.2, 0.25) is 0 Å². The van der Waals surface area contributed by atoms with E-state index in [1.54, 1.807) is 0 Å². The second kappa shape index (κ2) is 19.7. The van der Waals surface area contributed by atoms with Crippen LogP contribution < -0.4 is 5.32 Å². The molecule has 1 fully saturated rings. The van der Waals surface area contributed by atoms with Crippen LogP contribution in [0.15, 0.2) is 0 Å². The monoisotopic (exact) mass is 395 g/mol. The van der Waals surface area contributed by atoms with Crippen LogP contribution in [0, 0.1) is 0 Å². The van der Waals surface area contributed by atoms with E-state index < -0.39 is 0 Å². The minimum atomic E-state index is -0.0213. The largest absolute Gasteiger partial charge is 0.447 e. The SMILES string of the molecule is CCCCCCCCCCCCCCCCCCCC(=O)OC1CCCCN1. The molecule has 1 saturated heterocycles. The Kier molecular flexibility index (Phi) is 17.9. The topological polar surface area (TPSA) is 38.3 Å². The summed E-state index contributed by atoms with van der Waals surface area (Å²) in [6.07, 6.45) is 27.2. The smallest absolute Gasteiger partial charge is 0.307 e. The number of nitrogens with one attached hydrogen (secondary N) is 1. The van der Waals surface area contributed by atoms with Gasteiger partial charge in [0.1, 0.15) is 0 Å². The lowest BCUT2D eigenvalue weighted by atomic mass is 10.0. The van der Waals surface area contributed by atoms with Gasteiger partial charge in [-0.15, -0.1) is 0 Å². The molecule has 0 bridgehead atoms. The van der Waals surface area contributed by atoms with Gasteiger partial charge in [0, 0.05) is 6.42 Å². The molecular formula is C25H49NO2. The maximum atomic E-state index is 11.8. The first-order valence-corrected chi connectivity index (χ1v) is 12.8. The molecule has 0 amide bonds. The summed E-state index contributed by atoms with van der Waals surface area (Å²) in [6, 6.07) is 0. The van der Waals surface area contributed by atoms with E-state index in [0.717, 1.165) is 19.4 Å². The van der Waals surface area contributed by atoms with Crippen LogP contribution >= 0.6 is 0 Å². The summed E-state index contributed by atoms with van der Waals surface area (Å²) in [6.45, 7) is 3.27. The Bertz CT molecular complexity index is 339. The third-order valence-electron chi connectivity index (χ3n) is 6.02. The molecule has 1 heterocycles. The van der Waals surface area contributed by atoms with E-state index in [0.29, 0.717) is 6.42 Å². The van der Waals surface area contributed by atoms with Crippen LogP contribution in [0.5, 0.6) is 0 Å². The van der Waals surface area contributed by atoms with Gasteiger partial charge in [0.25, 0.3) is 0 Å². The number of unbranched alkanes of at least 4 members (excludes halogenated alkanes) is 16. The molecule has 3 heteroatoms. The minimum absolute atomic E-state index is 0.0136. The Morgan fingerprint density at radius 1 is 0.714 bits per heavy atom. The van der Waals surface area contributed by atoms with Crippen LogP contribution in [-0.2, 0) is 9.53 Å². The number of hydrogen-bond donors (Lipinski definition) is 1. The molecule has 0 spiro atoms. The van der Waals surface area contributed by atoms with E-state index in [-0.39, 0.29) is 12.2 Å². The predicted octanol–water partition coefficient (Wildman–Crippen LogP) is 7.67. The van der Waals surface area contributed by atoms with Crippen molar-refractivity contribution in [3.63, 3.8) is 0 Å². The Morgan fingerprint density at radius 3 is 1.61 bits per heavy atom. The fourth-order valence-electron chi connectivity index (χ4n) is 4.13. The number of piperidine rings is 1. The first kappa shape index (κ1) is 25.5. The highest BCUT2D eigenvalue weighted by atomic mass is 16.6. The lowest BCUT2D eigenvalue weighted by Crippen LogP contribution is -2.37. The van der Waals surface area contributed by atoms with Crippen LogP contribution in [0.1, 0.15) is 142 Å². The number of carbonyl (C=O) groups is 1. The van der Waals surface area contributed by atoms with Crippen LogP contribution in [0.3, 0.4) is 0 Å². The van der Waals surface area contributed by atoms with Crippen LogP contribution in [0.25, 0.3) is 0 Å². The highest BCUT2D eigenvalue weighted by molar-refractivity contribution is 5.69.